The number of anilines is 1. The Kier molecular flexibility index (Phi) is 5.46. The Morgan fingerprint density at radius 1 is 1.37 bits per heavy atom. The number of ether oxygens (including phenoxy) is 1. The van der Waals surface area contributed by atoms with Gasteiger partial charge in [-0.2, -0.15) is 0 Å². The highest BCUT2D eigenvalue weighted by atomic mass is 32.2. The second-order valence-corrected chi connectivity index (χ2v) is 7.68. The van der Waals surface area contributed by atoms with Crippen molar-refractivity contribution < 1.29 is 9.53 Å². The molecular weight excluding hydrogens is 374 g/mol. The Bertz CT molecular complexity index is 974. The summed E-state index contributed by atoms with van der Waals surface area (Å²) in [6.07, 6.45) is 1.98. The summed E-state index contributed by atoms with van der Waals surface area (Å²) in [6.45, 7) is 2.86. The summed E-state index contributed by atoms with van der Waals surface area (Å²) >= 11 is 1.13. The molecule has 0 bridgehead atoms. The number of aromatic nitrogens is 6. The molecule has 0 unspecified atom stereocenters. The van der Waals surface area contributed by atoms with Crippen LogP contribution in [0.15, 0.2) is 14.7 Å². The van der Waals surface area contributed by atoms with E-state index in [9.17, 15) is 14.4 Å². The number of nitrogens with zero attached hydrogens (tertiary/aromatic N) is 6. The molecule has 27 heavy (non-hydrogen) atoms. The van der Waals surface area contributed by atoms with Gasteiger partial charge in [0.05, 0.1) is 17.9 Å². The Morgan fingerprint density at radius 2 is 2.11 bits per heavy atom. The molecule has 0 amide bonds. The van der Waals surface area contributed by atoms with Crippen molar-refractivity contribution in [2.45, 2.75) is 42.8 Å². The molecule has 2 aromatic rings. The molecule has 1 fully saturated rings. The molecule has 3 rings (SSSR count). The number of thioether (sulfide) groups is 1. The maximum atomic E-state index is 12.9. The van der Waals surface area contributed by atoms with Gasteiger partial charge in [0, 0.05) is 20.7 Å². The Balaban J connectivity index is 1.83. The minimum Gasteiger partial charge on any atom is -0.384 e. The molecule has 0 radical (unpaired) electrons. The third kappa shape index (κ3) is 3.67. The monoisotopic (exact) mass is 395 g/mol. The van der Waals surface area contributed by atoms with Crippen molar-refractivity contribution in [1.29, 1.82) is 0 Å². The second kappa shape index (κ2) is 7.64. The molecular formula is C15H21N7O4S. The van der Waals surface area contributed by atoms with Crippen molar-refractivity contribution in [1.82, 2.24) is 29.3 Å². The number of hydrogen-bond acceptors (Lipinski definition) is 9. The summed E-state index contributed by atoms with van der Waals surface area (Å²) in [5.74, 6) is -0.639. The van der Waals surface area contributed by atoms with Crippen LogP contribution in [0, 0.1) is 0 Å². The highest BCUT2D eigenvalue weighted by Crippen LogP contribution is 2.25. The fraction of sp³-hybridized carbons (Fsp3) is 0.600. The van der Waals surface area contributed by atoms with Crippen LogP contribution >= 0.6 is 11.8 Å². The smallest absolute Gasteiger partial charge is 0.332 e. The van der Waals surface area contributed by atoms with E-state index >= 15 is 0 Å². The SMILES string of the molecule is C[C@H](Sc1nnnn1C[C@@H]1CCCO1)C(=O)c1c(N)n(C)c(=O)n(C)c1=O. The van der Waals surface area contributed by atoms with Crippen molar-refractivity contribution in [3.8, 4) is 0 Å². The predicted molar refractivity (Wildman–Crippen MR) is 97.8 cm³/mol. The van der Waals surface area contributed by atoms with Crippen LogP contribution < -0.4 is 17.0 Å². The first-order valence-corrected chi connectivity index (χ1v) is 9.33. The van der Waals surface area contributed by atoms with Gasteiger partial charge in [0.2, 0.25) is 5.16 Å². The third-order valence-electron chi connectivity index (χ3n) is 4.51. The first-order chi connectivity index (χ1) is 12.8. The molecule has 0 saturated carbocycles. The standard InChI is InChI=1S/C15H21N7O4S/c1-8(11(23)10-12(16)20(2)15(25)21(3)13(10)24)27-14-17-18-19-22(14)7-9-5-4-6-26-9/h8-9H,4-7,16H2,1-3H3/t8-,9-/m0/s1. The summed E-state index contributed by atoms with van der Waals surface area (Å²) in [6, 6.07) is 0. The highest BCUT2D eigenvalue weighted by Gasteiger charge is 2.27. The van der Waals surface area contributed by atoms with E-state index in [1.807, 2.05) is 0 Å². The number of nitrogens with two attached hydrogens (primary N) is 1. The second-order valence-electron chi connectivity index (χ2n) is 6.37. The number of Topliss-reactive ketones (excluding diaryl/α,β-unsaturated/α-hetero) is 1. The molecule has 2 atom stereocenters. The van der Waals surface area contributed by atoms with Crippen LogP contribution in [0.25, 0.3) is 0 Å². The van der Waals surface area contributed by atoms with Gasteiger partial charge in [-0.05, 0) is 30.2 Å². The molecule has 2 aromatic heterocycles. The Morgan fingerprint density at radius 3 is 2.78 bits per heavy atom. The zero-order valence-electron chi connectivity index (χ0n) is 15.3. The van der Waals surface area contributed by atoms with E-state index in [0.717, 1.165) is 40.3 Å². The Hall–Kier alpha value is -2.47. The molecule has 0 spiro atoms. The van der Waals surface area contributed by atoms with E-state index in [1.165, 1.54) is 14.1 Å². The summed E-state index contributed by atoms with van der Waals surface area (Å²) < 4.78 is 9.12. The topological polar surface area (TPSA) is 140 Å². The van der Waals surface area contributed by atoms with Gasteiger partial charge in [-0.1, -0.05) is 11.8 Å². The molecule has 2 N–H and O–H groups in total. The number of ketones is 1. The summed E-state index contributed by atoms with van der Waals surface area (Å²) in [5, 5.41) is 11.3. The van der Waals surface area contributed by atoms with Crippen LogP contribution in [-0.4, -0.2) is 53.1 Å². The quantitative estimate of drug-likeness (QED) is 0.491. The molecule has 12 heteroatoms. The zero-order valence-corrected chi connectivity index (χ0v) is 16.1. The van der Waals surface area contributed by atoms with Gasteiger partial charge >= 0.3 is 5.69 Å². The van der Waals surface area contributed by atoms with E-state index in [4.69, 9.17) is 10.5 Å². The number of nitrogen functional groups attached to an aromatic ring is 1. The first-order valence-electron chi connectivity index (χ1n) is 8.45. The number of hydrogen-bond donors (Lipinski definition) is 1. The maximum absolute atomic E-state index is 12.9. The predicted octanol–water partition coefficient (Wildman–Crippen LogP) is -0.805. The van der Waals surface area contributed by atoms with Crippen molar-refractivity contribution in [2.75, 3.05) is 12.3 Å². The minimum atomic E-state index is -0.716. The Labute approximate surface area is 158 Å². The van der Waals surface area contributed by atoms with Crippen molar-refractivity contribution in [3.05, 3.63) is 26.4 Å². The van der Waals surface area contributed by atoms with Gasteiger partial charge in [0.25, 0.3) is 5.56 Å². The lowest BCUT2D eigenvalue weighted by Gasteiger charge is -2.15. The van der Waals surface area contributed by atoms with Gasteiger partial charge in [-0.3, -0.25) is 18.7 Å². The van der Waals surface area contributed by atoms with Gasteiger partial charge in [0.1, 0.15) is 11.4 Å². The maximum Gasteiger partial charge on any atom is 0.332 e. The molecule has 0 aromatic carbocycles. The van der Waals surface area contributed by atoms with E-state index < -0.39 is 22.3 Å². The molecule has 11 nitrogen and oxygen atoms in total. The average molecular weight is 395 g/mol. The van der Waals surface area contributed by atoms with Gasteiger partial charge in [-0.15, -0.1) is 5.10 Å². The molecule has 3 heterocycles. The lowest BCUT2D eigenvalue weighted by atomic mass is 10.1. The van der Waals surface area contributed by atoms with Crippen molar-refractivity contribution in [3.63, 3.8) is 0 Å². The highest BCUT2D eigenvalue weighted by molar-refractivity contribution is 8.00. The molecule has 0 aliphatic carbocycles. The number of carbonyl (C=O) groups is 1. The third-order valence-corrected chi connectivity index (χ3v) is 5.58. The zero-order chi connectivity index (χ0) is 19.7. The minimum absolute atomic E-state index is 0.0467. The normalized spacial score (nSPS) is 18.0. The van der Waals surface area contributed by atoms with Crippen LogP contribution in [0.2, 0.25) is 0 Å². The lowest BCUT2D eigenvalue weighted by molar-refractivity contribution is 0.0911. The van der Waals surface area contributed by atoms with Gasteiger partial charge in [-0.25, -0.2) is 9.48 Å². The number of rotatable bonds is 6. The summed E-state index contributed by atoms with van der Waals surface area (Å²) in [5.41, 5.74) is 4.35. The van der Waals surface area contributed by atoms with Crippen LogP contribution in [0.1, 0.15) is 30.1 Å². The van der Waals surface area contributed by atoms with Crippen molar-refractivity contribution >= 4 is 23.4 Å². The summed E-state index contributed by atoms with van der Waals surface area (Å²) in [4.78, 5) is 37.1. The van der Waals surface area contributed by atoms with Crippen LogP contribution in [0.4, 0.5) is 5.82 Å². The van der Waals surface area contributed by atoms with E-state index in [2.05, 4.69) is 15.5 Å². The average Bonchev–Trinajstić information content (AvgIpc) is 3.31. The van der Waals surface area contributed by atoms with Gasteiger partial charge in [0.15, 0.2) is 5.78 Å². The largest absolute Gasteiger partial charge is 0.384 e. The first kappa shape index (κ1) is 19.3. The van der Waals surface area contributed by atoms with Crippen molar-refractivity contribution in [2.24, 2.45) is 14.1 Å². The fourth-order valence-corrected chi connectivity index (χ4v) is 3.74. The van der Waals surface area contributed by atoms with Crippen LogP contribution in [0.5, 0.6) is 0 Å². The fourth-order valence-electron chi connectivity index (χ4n) is 2.88. The van der Waals surface area contributed by atoms with E-state index in [1.54, 1.807) is 11.6 Å². The molecule has 1 saturated heterocycles. The number of tetrazole rings is 1. The molecule has 1 aliphatic heterocycles. The molecule has 1 aliphatic rings. The lowest BCUT2D eigenvalue weighted by Crippen LogP contribution is -2.42. The van der Waals surface area contributed by atoms with E-state index in [0.29, 0.717) is 11.7 Å². The van der Waals surface area contributed by atoms with Gasteiger partial charge < -0.3 is 10.5 Å². The number of carbonyl (C=O) groups excluding carboxylic acids is 1. The summed E-state index contributed by atoms with van der Waals surface area (Å²) in [7, 11) is 2.72. The van der Waals surface area contributed by atoms with Crippen LogP contribution in [0.3, 0.4) is 0 Å². The molecule has 146 valence electrons. The van der Waals surface area contributed by atoms with Crippen LogP contribution in [-0.2, 0) is 25.4 Å². The van der Waals surface area contributed by atoms with E-state index in [-0.39, 0.29) is 17.5 Å².